The van der Waals surface area contributed by atoms with E-state index in [1.165, 1.54) is 0 Å². The Morgan fingerprint density at radius 3 is 2.94 bits per heavy atom. The van der Waals surface area contributed by atoms with Gasteiger partial charge in [-0.15, -0.1) is 11.3 Å². The van der Waals surface area contributed by atoms with E-state index in [2.05, 4.69) is 15.7 Å². The van der Waals surface area contributed by atoms with E-state index in [1.807, 2.05) is 25.2 Å². The maximum absolute atomic E-state index is 9.74. The number of nitrogens with zero attached hydrogens (tertiary/aromatic N) is 1. The van der Waals surface area contributed by atoms with Crippen LogP contribution in [0.5, 0.6) is 5.75 Å². The predicted molar refractivity (Wildman–Crippen MR) is 71.5 cm³/mol. The molecule has 0 fully saturated rings. The Morgan fingerprint density at radius 2 is 2.18 bits per heavy atom. The molecule has 4 heteroatoms. The summed E-state index contributed by atoms with van der Waals surface area (Å²) in [5.74, 6) is 0.295. The Balaban J connectivity index is 2.10. The van der Waals surface area contributed by atoms with Gasteiger partial charge in [-0.25, -0.2) is 4.98 Å². The van der Waals surface area contributed by atoms with Crippen LogP contribution >= 0.6 is 11.3 Å². The molecular weight excluding hydrogens is 232 g/mol. The standard InChI is InChI=1S/C13H16N2OS/c1-14-8-4-5-10-9-17-13(15-10)11-6-2-3-7-12(11)16/h2-3,6-7,9,14,16H,4-5,8H2,1H3. The van der Waals surface area contributed by atoms with E-state index >= 15 is 0 Å². The summed E-state index contributed by atoms with van der Waals surface area (Å²) >= 11 is 1.58. The third-order valence-corrected chi connectivity index (χ3v) is 3.47. The van der Waals surface area contributed by atoms with Crippen LogP contribution < -0.4 is 5.32 Å². The van der Waals surface area contributed by atoms with Crippen molar-refractivity contribution in [3.8, 4) is 16.3 Å². The van der Waals surface area contributed by atoms with Crippen LogP contribution in [0.25, 0.3) is 10.6 Å². The molecule has 1 heterocycles. The number of aryl methyl sites for hydroxylation is 1. The molecule has 0 amide bonds. The number of phenolic OH excluding ortho intramolecular Hbond substituents is 1. The van der Waals surface area contributed by atoms with Crippen molar-refractivity contribution in [1.82, 2.24) is 10.3 Å². The van der Waals surface area contributed by atoms with Crippen molar-refractivity contribution < 1.29 is 5.11 Å². The lowest BCUT2D eigenvalue weighted by Crippen LogP contribution is -2.08. The summed E-state index contributed by atoms with van der Waals surface area (Å²) in [6.07, 6.45) is 2.06. The van der Waals surface area contributed by atoms with Crippen molar-refractivity contribution in [2.75, 3.05) is 13.6 Å². The number of hydrogen-bond acceptors (Lipinski definition) is 4. The predicted octanol–water partition coefficient (Wildman–Crippen LogP) is 2.67. The Hall–Kier alpha value is -1.39. The van der Waals surface area contributed by atoms with Crippen LogP contribution in [0.1, 0.15) is 12.1 Å². The van der Waals surface area contributed by atoms with Crippen LogP contribution in [0.3, 0.4) is 0 Å². The monoisotopic (exact) mass is 248 g/mol. The van der Waals surface area contributed by atoms with Gasteiger partial charge < -0.3 is 10.4 Å². The van der Waals surface area contributed by atoms with Crippen molar-refractivity contribution >= 4 is 11.3 Å². The number of aromatic nitrogens is 1. The van der Waals surface area contributed by atoms with Crippen molar-refractivity contribution in [3.63, 3.8) is 0 Å². The van der Waals surface area contributed by atoms with E-state index in [-0.39, 0.29) is 0 Å². The Labute approximate surface area is 105 Å². The molecule has 2 N–H and O–H groups in total. The van der Waals surface area contributed by atoms with E-state index in [0.29, 0.717) is 5.75 Å². The molecule has 0 bridgehead atoms. The highest BCUT2D eigenvalue weighted by Gasteiger charge is 2.08. The smallest absolute Gasteiger partial charge is 0.127 e. The van der Waals surface area contributed by atoms with Gasteiger partial charge in [-0.2, -0.15) is 0 Å². The molecule has 90 valence electrons. The topological polar surface area (TPSA) is 45.1 Å². The highest BCUT2D eigenvalue weighted by molar-refractivity contribution is 7.13. The highest BCUT2D eigenvalue weighted by Crippen LogP contribution is 2.31. The zero-order chi connectivity index (χ0) is 12.1. The fourth-order valence-electron chi connectivity index (χ4n) is 1.65. The van der Waals surface area contributed by atoms with Gasteiger partial charge in [0, 0.05) is 5.38 Å². The number of phenols is 1. The molecule has 0 radical (unpaired) electrons. The number of benzene rings is 1. The lowest BCUT2D eigenvalue weighted by Gasteiger charge is -1.99. The Morgan fingerprint density at radius 1 is 1.35 bits per heavy atom. The van der Waals surface area contributed by atoms with Gasteiger partial charge in [0.05, 0.1) is 11.3 Å². The second-order valence-corrected chi connectivity index (χ2v) is 4.73. The summed E-state index contributed by atoms with van der Waals surface area (Å²) in [5, 5.41) is 15.8. The largest absolute Gasteiger partial charge is 0.507 e. The van der Waals surface area contributed by atoms with Gasteiger partial charge in [-0.1, -0.05) is 12.1 Å². The lowest BCUT2D eigenvalue weighted by atomic mass is 10.2. The van der Waals surface area contributed by atoms with Crippen molar-refractivity contribution in [2.24, 2.45) is 0 Å². The second-order valence-electron chi connectivity index (χ2n) is 3.87. The summed E-state index contributed by atoms with van der Waals surface area (Å²) < 4.78 is 0. The molecule has 2 rings (SSSR count). The molecule has 0 saturated heterocycles. The van der Waals surface area contributed by atoms with E-state index in [9.17, 15) is 5.11 Å². The van der Waals surface area contributed by atoms with Crippen molar-refractivity contribution in [3.05, 3.63) is 35.3 Å². The summed E-state index contributed by atoms with van der Waals surface area (Å²) in [6, 6.07) is 7.32. The fraction of sp³-hybridized carbons (Fsp3) is 0.308. The quantitative estimate of drug-likeness (QED) is 0.800. The first-order valence-electron chi connectivity index (χ1n) is 5.68. The van der Waals surface area contributed by atoms with E-state index in [0.717, 1.165) is 35.7 Å². The van der Waals surface area contributed by atoms with Gasteiger partial charge in [-0.05, 0) is 38.6 Å². The Kier molecular flexibility index (Phi) is 4.12. The summed E-state index contributed by atoms with van der Waals surface area (Å²) in [4.78, 5) is 4.54. The number of hydrogen-bond donors (Lipinski definition) is 2. The number of nitrogens with one attached hydrogen (secondary N) is 1. The van der Waals surface area contributed by atoms with Crippen LogP contribution in [0.15, 0.2) is 29.6 Å². The van der Waals surface area contributed by atoms with Crippen LogP contribution in [0, 0.1) is 0 Å². The number of aromatic hydroxyl groups is 1. The minimum atomic E-state index is 0.295. The molecule has 3 nitrogen and oxygen atoms in total. The first-order valence-corrected chi connectivity index (χ1v) is 6.56. The lowest BCUT2D eigenvalue weighted by molar-refractivity contribution is 0.477. The molecule has 0 saturated carbocycles. The van der Waals surface area contributed by atoms with E-state index < -0.39 is 0 Å². The minimum absolute atomic E-state index is 0.295. The number of thiazole rings is 1. The fourth-order valence-corrected chi connectivity index (χ4v) is 2.53. The molecule has 2 aromatic rings. The SMILES string of the molecule is CNCCCc1csc(-c2ccccc2O)n1. The van der Waals surface area contributed by atoms with Gasteiger partial charge in [0.1, 0.15) is 10.8 Å². The summed E-state index contributed by atoms with van der Waals surface area (Å²) in [6.45, 7) is 1.00. The molecule has 0 aliphatic heterocycles. The first-order chi connectivity index (χ1) is 8.31. The number of para-hydroxylation sites is 1. The third kappa shape index (κ3) is 3.05. The van der Waals surface area contributed by atoms with Crippen LogP contribution in [-0.4, -0.2) is 23.7 Å². The molecule has 17 heavy (non-hydrogen) atoms. The molecule has 0 spiro atoms. The Bertz CT molecular complexity index is 482. The molecule has 0 unspecified atom stereocenters. The third-order valence-electron chi connectivity index (χ3n) is 2.55. The zero-order valence-electron chi connectivity index (χ0n) is 9.81. The van der Waals surface area contributed by atoms with E-state index in [1.54, 1.807) is 17.4 Å². The first kappa shape index (κ1) is 12.1. The summed E-state index contributed by atoms with van der Waals surface area (Å²) in [7, 11) is 1.95. The van der Waals surface area contributed by atoms with E-state index in [4.69, 9.17) is 0 Å². The molecule has 0 aliphatic rings. The van der Waals surface area contributed by atoms with Crippen LogP contribution in [0.2, 0.25) is 0 Å². The molecule has 1 aromatic heterocycles. The van der Waals surface area contributed by atoms with Crippen LogP contribution in [-0.2, 0) is 6.42 Å². The molecule has 0 aliphatic carbocycles. The van der Waals surface area contributed by atoms with Crippen molar-refractivity contribution in [2.45, 2.75) is 12.8 Å². The van der Waals surface area contributed by atoms with Gasteiger partial charge in [0.15, 0.2) is 0 Å². The molecular formula is C13H16N2OS. The van der Waals surface area contributed by atoms with Gasteiger partial charge in [-0.3, -0.25) is 0 Å². The minimum Gasteiger partial charge on any atom is -0.507 e. The van der Waals surface area contributed by atoms with Gasteiger partial charge >= 0.3 is 0 Å². The highest BCUT2D eigenvalue weighted by atomic mass is 32.1. The number of rotatable bonds is 5. The van der Waals surface area contributed by atoms with Gasteiger partial charge in [0.25, 0.3) is 0 Å². The maximum atomic E-state index is 9.74. The maximum Gasteiger partial charge on any atom is 0.127 e. The van der Waals surface area contributed by atoms with Crippen LogP contribution in [0.4, 0.5) is 0 Å². The van der Waals surface area contributed by atoms with Crippen molar-refractivity contribution in [1.29, 1.82) is 0 Å². The zero-order valence-corrected chi connectivity index (χ0v) is 10.6. The normalized spacial score (nSPS) is 10.6. The van der Waals surface area contributed by atoms with Gasteiger partial charge in [0.2, 0.25) is 0 Å². The molecule has 0 atom stereocenters. The second kappa shape index (κ2) is 5.80. The average Bonchev–Trinajstić information content (AvgIpc) is 2.79. The molecule has 1 aromatic carbocycles. The average molecular weight is 248 g/mol. The summed E-state index contributed by atoms with van der Waals surface area (Å²) in [5.41, 5.74) is 1.92.